The number of para-hydroxylation sites is 10. The fourth-order valence-electron chi connectivity index (χ4n) is 10.9. The van der Waals surface area contributed by atoms with Crippen molar-refractivity contribution in [2.45, 2.75) is 0 Å². The van der Waals surface area contributed by atoms with Crippen LogP contribution in [-0.4, -0.2) is 14.1 Å². The highest BCUT2D eigenvalue weighted by atomic mass is 16.5. The third-order valence-electron chi connectivity index (χ3n) is 13.8. The molecule has 5 heterocycles. The predicted octanol–water partition coefficient (Wildman–Crippen LogP) is 16.7. The van der Waals surface area contributed by atoms with Gasteiger partial charge in [0.1, 0.15) is 11.6 Å². The van der Waals surface area contributed by atoms with E-state index < -0.39 is 0 Å². The van der Waals surface area contributed by atoms with Gasteiger partial charge in [-0.05, 0) is 106 Å². The minimum atomic E-state index is 0.738. The van der Waals surface area contributed by atoms with E-state index >= 15 is 0 Å². The molecular formula is C61H37N5O2. The Morgan fingerprint density at radius 3 is 1.19 bits per heavy atom. The van der Waals surface area contributed by atoms with Gasteiger partial charge in [0.25, 0.3) is 0 Å². The van der Waals surface area contributed by atoms with Gasteiger partial charge in [0, 0.05) is 39.4 Å². The van der Waals surface area contributed by atoms with Crippen molar-refractivity contribution in [1.82, 2.24) is 14.1 Å². The lowest BCUT2D eigenvalue weighted by Gasteiger charge is -2.35. The molecule has 68 heavy (non-hydrogen) atoms. The maximum atomic E-state index is 6.56. The fourth-order valence-corrected chi connectivity index (χ4v) is 10.9. The molecule has 0 spiro atoms. The van der Waals surface area contributed by atoms with Crippen molar-refractivity contribution in [1.29, 1.82) is 0 Å². The van der Waals surface area contributed by atoms with Crippen molar-refractivity contribution >= 4 is 99.5 Å². The highest BCUT2D eigenvalue weighted by Crippen LogP contribution is 2.54. The van der Waals surface area contributed by atoms with Gasteiger partial charge in [0.05, 0.1) is 50.5 Å². The van der Waals surface area contributed by atoms with Crippen molar-refractivity contribution in [3.8, 4) is 34.4 Å². The van der Waals surface area contributed by atoms with Gasteiger partial charge in [0.15, 0.2) is 23.0 Å². The lowest BCUT2D eigenvalue weighted by atomic mass is 10.0. The zero-order valence-electron chi connectivity index (χ0n) is 36.4. The highest BCUT2D eigenvalue weighted by Gasteiger charge is 2.32. The first-order valence-corrected chi connectivity index (χ1v) is 22.9. The zero-order chi connectivity index (χ0) is 44.5. The Labute approximate surface area is 390 Å². The zero-order valence-corrected chi connectivity index (χ0v) is 36.4. The molecule has 15 rings (SSSR count). The number of hydrogen-bond acceptors (Lipinski definition) is 5. The summed E-state index contributed by atoms with van der Waals surface area (Å²) in [6.07, 6.45) is 0. The van der Waals surface area contributed by atoms with E-state index in [-0.39, 0.29) is 0 Å². The third-order valence-corrected chi connectivity index (χ3v) is 13.8. The van der Waals surface area contributed by atoms with Crippen molar-refractivity contribution < 1.29 is 9.47 Å². The quantitative estimate of drug-likeness (QED) is 0.165. The molecule has 7 heteroatoms. The van der Waals surface area contributed by atoms with E-state index in [4.69, 9.17) is 14.5 Å². The standard InChI is InChI=1S/C61H37N5O2/c1-2-16-39-34-41-35-42(30-29-40(41)33-38(39)15-1)63-48-19-5-3-17-44(48)46-31-32-47-45-18-4-6-20-49(45)64(61(47)60(46)63)43-36-58(65-50-21-7-11-25-54(50)67-55-26-12-8-22-51(55)65)62-59(37-43)66-52-23-9-13-27-56(52)68-57-28-14-10-24-53(57)66/h1-37H. The first-order valence-electron chi connectivity index (χ1n) is 22.9. The van der Waals surface area contributed by atoms with Crippen LogP contribution in [0, 0.1) is 0 Å². The van der Waals surface area contributed by atoms with Crippen LogP contribution >= 0.6 is 0 Å². The number of pyridine rings is 1. The number of fused-ring (bicyclic) bond motifs is 13. The Morgan fingerprint density at radius 1 is 0.294 bits per heavy atom. The molecule has 3 aromatic heterocycles. The summed E-state index contributed by atoms with van der Waals surface area (Å²) in [7, 11) is 0. The maximum absolute atomic E-state index is 6.56. The van der Waals surface area contributed by atoms with E-state index in [9.17, 15) is 0 Å². The third kappa shape index (κ3) is 5.32. The lowest BCUT2D eigenvalue weighted by Crippen LogP contribution is -2.20. The van der Waals surface area contributed by atoms with Crippen LogP contribution in [0.15, 0.2) is 224 Å². The average Bonchev–Trinajstić information content (AvgIpc) is 3.92. The second kappa shape index (κ2) is 14.1. The second-order valence-electron chi connectivity index (χ2n) is 17.6. The summed E-state index contributed by atoms with van der Waals surface area (Å²) in [5.41, 5.74) is 10.1. The molecule has 0 bridgehead atoms. The number of nitrogens with zero attached hydrogens (tertiary/aromatic N) is 5. The van der Waals surface area contributed by atoms with Gasteiger partial charge in [-0.15, -0.1) is 0 Å². The predicted molar refractivity (Wildman–Crippen MR) is 277 cm³/mol. The molecule has 0 aliphatic carbocycles. The Morgan fingerprint density at radius 2 is 0.691 bits per heavy atom. The summed E-state index contributed by atoms with van der Waals surface area (Å²) in [4.78, 5) is 10.2. The molecule has 0 saturated carbocycles. The summed E-state index contributed by atoms with van der Waals surface area (Å²) >= 11 is 0. The van der Waals surface area contributed by atoms with E-state index in [0.29, 0.717) is 0 Å². The summed E-state index contributed by atoms with van der Waals surface area (Å²) in [6, 6.07) is 79.6. The summed E-state index contributed by atoms with van der Waals surface area (Å²) in [5.74, 6) is 4.51. The first kappa shape index (κ1) is 36.9. The Hall–Kier alpha value is -9.33. The van der Waals surface area contributed by atoms with Crippen LogP contribution < -0.4 is 19.3 Å². The number of benzene rings is 10. The maximum Gasteiger partial charge on any atom is 0.151 e. The van der Waals surface area contributed by atoms with E-state index in [2.05, 4.69) is 195 Å². The van der Waals surface area contributed by atoms with Crippen LogP contribution in [-0.2, 0) is 0 Å². The number of ether oxygens (including phenoxy) is 2. The molecule has 0 fully saturated rings. The molecule has 318 valence electrons. The highest BCUT2D eigenvalue weighted by molar-refractivity contribution is 6.24. The van der Waals surface area contributed by atoms with Gasteiger partial charge < -0.3 is 18.6 Å². The summed E-state index contributed by atoms with van der Waals surface area (Å²) < 4.78 is 18.1. The van der Waals surface area contributed by atoms with Gasteiger partial charge in [-0.2, -0.15) is 0 Å². The van der Waals surface area contributed by atoms with Crippen LogP contribution in [0.2, 0.25) is 0 Å². The fraction of sp³-hybridized carbons (Fsp3) is 0. The molecule has 2 aliphatic heterocycles. The van der Waals surface area contributed by atoms with Gasteiger partial charge in [-0.1, -0.05) is 127 Å². The number of rotatable bonds is 4. The monoisotopic (exact) mass is 871 g/mol. The molecule has 2 aliphatic rings. The molecule has 10 aromatic carbocycles. The number of aromatic nitrogens is 3. The summed E-state index contributed by atoms with van der Waals surface area (Å²) in [5, 5.41) is 9.56. The largest absolute Gasteiger partial charge is 0.453 e. The number of anilines is 6. The normalized spacial score (nSPS) is 12.9. The summed E-state index contributed by atoms with van der Waals surface area (Å²) in [6.45, 7) is 0. The van der Waals surface area contributed by atoms with Crippen LogP contribution in [0.3, 0.4) is 0 Å². The Balaban J connectivity index is 1.08. The molecule has 0 saturated heterocycles. The van der Waals surface area contributed by atoms with E-state index in [1.54, 1.807) is 0 Å². The molecule has 7 nitrogen and oxygen atoms in total. The molecule has 0 radical (unpaired) electrons. The lowest BCUT2D eigenvalue weighted by molar-refractivity contribution is 0.476. The topological polar surface area (TPSA) is 47.7 Å². The Bertz CT molecular complexity index is 4060. The van der Waals surface area contributed by atoms with Crippen molar-refractivity contribution in [3.05, 3.63) is 224 Å². The van der Waals surface area contributed by atoms with Crippen LogP contribution in [0.1, 0.15) is 0 Å². The molecule has 13 aromatic rings. The second-order valence-corrected chi connectivity index (χ2v) is 17.6. The van der Waals surface area contributed by atoms with Gasteiger partial charge in [0.2, 0.25) is 0 Å². The van der Waals surface area contributed by atoms with E-state index in [1.165, 1.54) is 32.3 Å². The van der Waals surface area contributed by atoms with Crippen molar-refractivity contribution in [3.63, 3.8) is 0 Å². The first-order chi connectivity index (χ1) is 33.7. The number of hydrogen-bond donors (Lipinski definition) is 0. The smallest absolute Gasteiger partial charge is 0.151 e. The average molecular weight is 872 g/mol. The molecule has 0 unspecified atom stereocenters. The van der Waals surface area contributed by atoms with Gasteiger partial charge in [-0.3, -0.25) is 9.80 Å². The molecule has 0 N–H and O–H groups in total. The van der Waals surface area contributed by atoms with Gasteiger partial charge in [-0.25, -0.2) is 4.98 Å². The molecular weight excluding hydrogens is 835 g/mol. The van der Waals surface area contributed by atoms with Crippen LogP contribution in [0.25, 0.3) is 76.5 Å². The molecule has 0 atom stereocenters. The van der Waals surface area contributed by atoms with E-state index in [1.807, 2.05) is 48.5 Å². The Kier molecular flexibility index (Phi) is 7.65. The van der Waals surface area contributed by atoms with Crippen LogP contribution in [0.5, 0.6) is 23.0 Å². The van der Waals surface area contributed by atoms with Crippen molar-refractivity contribution in [2.75, 3.05) is 9.80 Å². The minimum Gasteiger partial charge on any atom is -0.453 e. The SMILES string of the molecule is c1ccc2c(c1)Oc1ccccc1N2c1cc(-n2c3ccccc3c3ccc4c5ccccc5n(-c5ccc6cc7ccccc7cc6c5)c4c32)cc(N2c3ccccc3Oc3ccccc32)n1. The minimum absolute atomic E-state index is 0.738. The molecule has 0 amide bonds. The van der Waals surface area contributed by atoms with Gasteiger partial charge >= 0.3 is 0 Å². The van der Waals surface area contributed by atoms with Crippen molar-refractivity contribution in [2.24, 2.45) is 0 Å². The van der Waals surface area contributed by atoms with E-state index in [0.717, 1.165) is 102 Å². The van der Waals surface area contributed by atoms with Crippen LogP contribution in [0.4, 0.5) is 34.4 Å².